The van der Waals surface area contributed by atoms with E-state index in [0.29, 0.717) is 24.2 Å². The van der Waals surface area contributed by atoms with Gasteiger partial charge in [-0.1, -0.05) is 19.1 Å². The Bertz CT molecular complexity index is 568. The van der Waals surface area contributed by atoms with Gasteiger partial charge in [0, 0.05) is 17.4 Å². The molecule has 0 saturated heterocycles. The van der Waals surface area contributed by atoms with Gasteiger partial charge < -0.3 is 5.32 Å². The van der Waals surface area contributed by atoms with Crippen LogP contribution in [0.25, 0.3) is 11.3 Å². The van der Waals surface area contributed by atoms with Crippen molar-refractivity contribution in [3.05, 3.63) is 40.5 Å². The minimum atomic E-state index is -0.283. The maximum absolute atomic E-state index is 13.6. The van der Waals surface area contributed by atoms with Crippen LogP contribution >= 0.6 is 11.3 Å². The van der Waals surface area contributed by atoms with E-state index >= 15 is 0 Å². The Morgan fingerprint density at radius 3 is 2.95 bits per heavy atom. The quantitative estimate of drug-likeness (QED) is 0.911. The van der Waals surface area contributed by atoms with Gasteiger partial charge in [0.2, 0.25) is 5.91 Å². The minimum Gasteiger partial charge on any atom is -0.350 e. The zero-order valence-corrected chi connectivity index (χ0v) is 11.5. The number of nitrogens with one attached hydrogen (secondary N) is 1. The van der Waals surface area contributed by atoms with Crippen molar-refractivity contribution in [3.8, 4) is 11.3 Å². The number of nitrogens with zero attached hydrogens (tertiary/aromatic N) is 1. The Morgan fingerprint density at radius 2 is 2.21 bits per heavy atom. The molecule has 3 nitrogen and oxygen atoms in total. The smallest absolute Gasteiger partial charge is 0.220 e. The maximum Gasteiger partial charge on any atom is 0.220 e. The molecule has 0 radical (unpaired) electrons. The van der Waals surface area contributed by atoms with Gasteiger partial charge in [-0.3, -0.25) is 4.79 Å². The van der Waals surface area contributed by atoms with E-state index in [0.717, 1.165) is 11.4 Å². The second kappa shape index (κ2) is 6.43. The number of halogens is 1. The molecule has 100 valence electrons. The molecule has 0 spiro atoms. The highest BCUT2D eigenvalue weighted by Crippen LogP contribution is 2.24. The van der Waals surface area contributed by atoms with Gasteiger partial charge in [-0.05, 0) is 18.6 Å². The fourth-order valence-electron chi connectivity index (χ4n) is 1.67. The standard InChI is InChI=1S/C14H15FN2OS/c1-2-5-13(18)16-8-14-17-12(9-19-14)10-6-3-4-7-11(10)15/h3-4,6-7,9H,2,5,8H2,1H3,(H,16,18). The lowest BCUT2D eigenvalue weighted by Gasteiger charge is -2.01. The maximum atomic E-state index is 13.6. The average Bonchev–Trinajstić information content (AvgIpc) is 2.86. The molecule has 0 atom stereocenters. The number of rotatable bonds is 5. The first-order chi connectivity index (χ1) is 9.20. The summed E-state index contributed by atoms with van der Waals surface area (Å²) in [6, 6.07) is 6.54. The molecule has 0 bridgehead atoms. The van der Waals surface area contributed by atoms with Gasteiger partial charge >= 0.3 is 0 Å². The van der Waals surface area contributed by atoms with Gasteiger partial charge in [0.15, 0.2) is 0 Å². The van der Waals surface area contributed by atoms with Crippen molar-refractivity contribution in [2.75, 3.05) is 0 Å². The van der Waals surface area contributed by atoms with Crippen LogP contribution in [0.3, 0.4) is 0 Å². The predicted molar refractivity (Wildman–Crippen MR) is 74.3 cm³/mol. The molecule has 0 fully saturated rings. The SMILES string of the molecule is CCCC(=O)NCc1nc(-c2ccccc2F)cs1. The normalized spacial score (nSPS) is 10.4. The van der Waals surface area contributed by atoms with Crippen LogP contribution in [0, 0.1) is 5.82 Å². The monoisotopic (exact) mass is 278 g/mol. The lowest BCUT2D eigenvalue weighted by molar-refractivity contribution is -0.121. The third kappa shape index (κ3) is 3.61. The van der Waals surface area contributed by atoms with Crippen molar-refractivity contribution in [1.82, 2.24) is 10.3 Å². The molecule has 5 heteroatoms. The molecule has 0 saturated carbocycles. The number of carbonyl (C=O) groups excluding carboxylic acids is 1. The molecule has 1 amide bonds. The van der Waals surface area contributed by atoms with Crippen molar-refractivity contribution in [3.63, 3.8) is 0 Å². The zero-order chi connectivity index (χ0) is 13.7. The molecule has 0 aliphatic heterocycles. The van der Waals surface area contributed by atoms with Crippen molar-refractivity contribution in [2.24, 2.45) is 0 Å². The Balaban J connectivity index is 2.04. The second-order valence-electron chi connectivity index (χ2n) is 4.13. The Morgan fingerprint density at radius 1 is 1.42 bits per heavy atom. The predicted octanol–water partition coefficient (Wildman–Crippen LogP) is 3.37. The van der Waals surface area contributed by atoms with Gasteiger partial charge in [-0.25, -0.2) is 9.37 Å². The van der Waals surface area contributed by atoms with E-state index in [1.165, 1.54) is 17.4 Å². The van der Waals surface area contributed by atoms with Crippen LogP contribution in [0.1, 0.15) is 24.8 Å². The third-order valence-electron chi connectivity index (χ3n) is 2.62. The highest BCUT2D eigenvalue weighted by molar-refractivity contribution is 7.09. The topological polar surface area (TPSA) is 42.0 Å². The first-order valence-electron chi connectivity index (χ1n) is 6.16. The highest BCUT2D eigenvalue weighted by Gasteiger charge is 2.09. The summed E-state index contributed by atoms with van der Waals surface area (Å²) in [6.45, 7) is 2.36. The van der Waals surface area contributed by atoms with Crippen LogP contribution < -0.4 is 5.32 Å². The van der Waals surface area contributed by atoms with Gasteiger partial charge in [0.05, 0.1) is 12.2 Å². The van der Waals surface area contributed by atoms with E-state index in [-0.39, 0.29) is 11.7 Å². The van der Waals surface area contributed by atoms with E-state index in [2.05, 4.69) is 10.3 Å². The molecule has 0 aliphatic rings. The van der Waals surface area contributed by atoms with Crippen LogP contribution in [0.2, 0.25) is 0 Å². The second-order valence-corrected chi connectivity index (χ2v) is 5.08. The fraction of sp³-hybridized carbons (Fsp3) is 0.286. The third-order valence-corrected chi connectivity index (χ3v) is 3.46. The Hall–Kier alpha value is -1.75. The van der Waals surface area contributed by atoms with Gasteiger partial charge in [0.25, 0.3) is 0 Å². The first-order valence-corrected chi connectivity index (χ1v) is 7.04. The summed E-state index contributed by atoms with van der Waals surface area (Å²) in [4.78, 5) is 15.7. The van der Waals surface area contributed by atoms with Crippen LogP contribution in [0.15, 0.2) is 29.6 Å². The van der Waals surface area contributed by atoms with Crippen molar-refractivity contribution in [2.45, 2.75) is 26.3 Å². The molecule has 1 heterocycles. The number of benzene rings is 1. The summed E-state index contributed by atoms with van der Waals surface area (Å²) < 4.78 is 13.6. The van der Waals surface area contributed by atoms with Crippen LogP contribution in [-0.2, 0) is 11.3 Å². The van der Waals surface area contributed by atoms with E-state index in [1.807, 2.05) is 6.92 Å². The molecule has 2 rings (SSSR count). The molecule has 0 unspecified atom stereocenters. The molecular weight excluding hydrogens is 263 g/mol. The zero-order valence-electron chi connectivity index (χ0n) is 10.6. The summed E-state index contributed by atoms with van der Waals surface area (Å²) in [5.41, 5.74) is 1.10. The number of hydrogen-bond acceptors (Lipinski definition) is 3. The molecular formula is C14H15FN2OS. The minimum absolute atomic E-state index is 0.0186. The molecule has 19 heavy (non-hydrogen) atoms. The summed E-state index contributed by atoms with van der Waals surface area (Å²) >= 11 is 1.42. The molecule has 1 N–H and O–H groups in total. The number of carbonyl (C=O) groups is 1. The molecule has 1 aromatic carbocycles. The Kier molecular flexibility index (Phi) is 4.63. The Labute approximate surface area is 115 Å². The summed E-state index contributed by atoms with van der Waals surface area (Å²) in [5.74, 6) is -0.264. The number of thiazole rings is 1. The lowest BCUT2D eigenvalue weighted by atomic mass is 10.2. The number of aromatic nitrogens is 1. The number of hydrogen-bond donors (Lipinski definition) is 1. The fourth-order valence-corrected chi connectivity index (χ4v) is 2.41. The molecule has 2 aromatic rings. The van der Waals surface area contributed by atoms with Crippen molar-refractivity contribution >= 4 is 17.2 Å². The van der Waals surface area contributed by atoms with Gasteiger partial charge in [0.1, 0.15) is 10.8 Å². The highest BCUT2D eigenvalue weighted by atomic mass is 32.1. The summed E-state index contributed by atoms with van der Waals surface area (Å²) in [7, 11) is 0. The number of amides is 1. The van der Waals surface area contributed by atoms with Crippen molar-refractivity contribution < 1.29 is 9.18 Å². The molecule has 0 aliphatic carbocycles. The van der Waals surface area contributed by atoms with Gasteiger partial charge in [-0.15, -0.1) is 11.3 Å². The van der Waals surface area contributed by atoms with E-state index in [1.54, 1.807) is 23.6 Å². The van der Waals surface area contributed by atoms with Crippen LogP contribution in [-0.4, -0.2) is 10.9 Å². The largest absolute Gasteiger partial charge is 0.350 e. The van der Waals surface area contributed by atoms with E-state index < -0.39 is 0 Å². The van der Waals surface area contributed by atoms with E-state index in [9.17, 15) is 9.18 Å². The first kappa shape index (κ1) is 13.7. The lowest BCUT2D eigenvalue weighted by Crippen LogP contribution is -2.21. The van der Waals surface area contributed by atoms with Crippen LogP contribution in [0.4, 0.5) is 4.39 Å². The molecule has 1 aromatic heterocycles. The van der Waals surface area contributed by atoms with Gasteiger partial charge in [-0.2, -0.15) is 0 Å². The summed E-state index contributed by atoms with van der Waals surface area (Å²) in [5, 5.41) is 5.38. The van der Waals surface area contributed by atoms with Crippen LogP contribution in [0.5, 0.6) is 0 Å². The summed E-state index contributed by atoms with van der Waals surface area (Å²) in [6.07, 6.45) is 1.34. The average molecular weight is 278 g/mol. The van der Waals surface area contributed by atoms with Crippen molar-refractivity contribution in [1.29, 1.82) is 0 Å². The van der Waals surface area contributed by atoms with E-state index in [4.69, 9.17) is 0 Å².